The molecule has 0 spiro atoms. The highest BCUT2D eigenvalue weighted by Crippen LogP contribution is 2.44. The molecule has 2 atom stereocenters. The number of Topliss-reactive ketones (excluding diaryl/α,β-unsaturated/α-hetero) is 1. The summed E-state index contributed by atoms with van der Waals surface area (Å²) in [5.74, 6) is -0.890. The predicted molar refractivity (Wildman–Crippen MR) is 112 cm³/mol. The van der Waals surface area contributed by atoms with Crippen LogP contribution in [-0.4, -0.2) is 29.8 Å². The summed E-state index contributed by atoms with van der Waals surface area (Å²) in [7, 11) is 0. The van der Waals surface area contributed by atoms with Gasteiger partial charge in [-0.1, -0.05) is 12.1 Å². The second-order valence-corrected chi connectivity index (χ2v) is 8.84. The van der Waals surface area contributed by atoms with Crippen LogP contribution in [0.25, 0.3) is 0 Å². The van der Waals surface area contributed by atoms with E-state index in [-0.39, 0.29) is 23.8 Å². The fourth-order valence-corrected chi connectivity index (χ4v) is 5.14. The SMILES string of the molecule is CSc1ccc([C@@H]2C3=C(CCCC3=O)N=C(C)C2C(=O)OC2CCCC2)cc1. The molecule has 0 bridgehead atoms. The largest absolute Gasteiger partial charge is 0.462 e. The normalized spacial score (nSPS) is 25.5. The number of esters is 1. The van der Waals surface area contributed by atoms with Crippen molar-refractivity contribution in [3.8, 4) is 0 Å². The molecule has 28 heavy (non-hydrogen) atoms. The van der Waals surface area contributed by atoms with Crippen LogP contribution in [0, 0.1) is 5.92 Å². The summed E-state index contributed by atoms with van der Waals surface area (Å²) in [5, 5.41) is 0. The summed E-state index contributed by atoms with van der Waals surface area (Å²) in [6.07, 6.45) is 8.34. The Labute approximate surface area is 170 Å². The molecule has 148 valence electrons. The van der Waals surface area contributed by atoms with Crippen LogP contribution in [0.5, 0.6) is 0 Å². The Kier molecular flexibility index (Phi) is 5.72. The zero-order chi connectivity index (χ0) is 19.7. The number of ketones is 1. The van der Waals surface area contributed by atoms with Gasteiger partial charge in [0.25, 0.3) is 0 Å². The molecule has 2 aliphatic carbocycles. The molecule has 0 radical (unpaired) electrons. The number of thioether (sulfide) groups is 1. The van der Waals surface area contributed by atoms with Crippen molar-refractivity contribution in [3.63, 3.8) is 0 Å². The standard InChI is InChI=1S/C23H27NO3S/c1-14-20(23(26)27-16-6-3-4-7-16)21(15-10-12-17(28-2)13-11-15)22-18(24-14)8-5-9-19(22)25/h10-13,16,20-21H,3-9H2,1-2H3/t20?,21-/m0/s1. The third-order valence-electron chi connectivity index (χ3n) is 6.15. The van der Waals surface area contributed by atoms with Gasteiger partial charge in [-0.2, -0.15) is 0 Å². The maximum atomic E-state index is 13.2. The van der Waals surface area contributed by atoms with E-state index >= 15 is 0 Å². The lowest BCUT2D eigenvalue weighted by Crippen LogP contribution is -2.38. The Morgan fingerprint density at radius 1 is 1.11 bits per heavy atom. The van der Waals surface area contributed by atoms with E-state index in [0.717, 1.165) is 61.1 Å². The Balaban J connectivity index is 1.73. The minimum absolute atomic E-state index is 0.0113. The Bertz CT molecular complexity index is 834. The molecule has 1 aromatic rings. The first-order chi connectivity index (χ1) is 13.6. The van der Waals surface area contributed by atoms with Gasteiger partial charge in [0.1, 0.15) is 12.0 Å². The molecule has 1 unspecified atom stereocenters. The monoisotopic (exact) mass is 397 g/mol. The number of hydrogen-bond acceptors (Lipinski definition) is 5. The van der Waals surface area contributed by atoms with E-state index in [2.05, 4.69) is 24.3 Å². The van der Waals surface area contributed by atoms with Crippen molar-refractivity contribution in [3.05, 3.63) is 41.1 Å². The highest BCUT2D eigenvalue weighted by Gasteiger charge is 2.43. The van der Waals surface area contributed by atoms with E-state index < -0.39 is 5.92 Å². The summed E-state index contributed by atoms with van der Waals surface area (Å²) >= 11 is 1.68. The van der Waals surface area contributed by atoms with Crippen LogP contribution in [0.4, 0.5) is 0 Å². The molecule has 4 rings (SSSR count). The Morgan fingerprint density at radius 2 is 1.82 bits per heavy atom. The molecule has 1 saturated carbocycles. The molecule has 1 aliphatic heterocycles. The molecular formula is C23H27NO3S. The van der Waals surface area contributed by atoms with E-state index in [1.165, 1.54) is 4.90 Å². The summed E-state index contributed by atoms with van der Waals surface area (Å²) in [4.78, 5) is 32.0. The fraction of sp³-hybridized carbons (Fsp3) is 0.522. The molecule has 3 aliphatic rings. The van der Waals surface area contributed by atoms with E-state index in [1.54, 1.807) is 11.8 Å². The lowest BCUT2D eigenvalue weighted by Gasteiger charge is -2.35. The molecule has 5 heteroatoms. The lowest BCUT2D eigenvalue weighted by atomic mass is 9.72. The van der Waals surface area contributed by atoms with Crippen LogP contribution < -0.4 is 0 Å². The van der Waals surface area contributed by atoms with Gasteiger partial charge in [0, 0.05) is 34.2 Å². The van der Waals surface area contributed by atoms with Crippen molar-refractivity contribution in [1.29, 1.82) is 0 Å². The van der Waals surface area contributed by atoms with Crippen molar-refractivity contribution >= 4 is 29.2 Å². The van der Waals surface area contributed by atoms with E-state index in [4.69, 9.17) is 9.73 Å². The number of ether oxygens (including phenoxy) is 1. The van der Waals surface area contributed by atoms with Crippen molar-refractivity contribution in [2.75, 3.05) is 6.26 Å². The number of carbonyl (C=O) groups is 2. The molecule has 0 N–H and O–H groups in total. The Hall–Kier alpha value is -1.88. The van der Waals surface area contributed by atoms with Gasteiger partial charge >= 0.3 is 5.97 Å². The number of nitrogens with zero attached hydrogens (tertiary/aromatic N) is 1. The molecule has 0 aromatic heterocycles. The predicted octanol–water partition coefficient (Wildman–Crippen LogP) is 5.08. The smallest absolute Gasteiger partial charge is 0.315 e. The van der Waals surface area contributed by atoms with Gasteiger partial charge in [-0.25, -0.2) is 0 Å². The van der Waals surface area contributed by atoms with Gasteiger partial charge in [0.2, 0.25) is 0 Å². The first-order valence-corrected chi connectivity index (χ1v) is 11.5. The first-order valence-electron chi connectivity index (χ1n) is 10.2. The van der Waals surface area contributed by atoms with Crippen LogP contribution >= 0.6 is 11.8 Å². The number of hydrogen-bond donors (Lipinski definition) is 0. The van der Waals surface area contributed by atoms with Crippen molar-refractivity contribution in [2.45, 2.75) is 68.8 Å². The van der Waals surface area contributed by atoms with E-state index in [1.807, 2.05) is 13.2 Å². The van der Waals surface area contributed by atoms with Crippen LogP contribution in [-0.2, 0) is 14.3 Å². The molecule has 0 amide bonds. The van der Waals surface area contributed by atoms with Crippen LogP contribution in [0.1, 0.15) is 63.4 Å². The van der Waals surface area contributed by atoms with Crippen molar-refractivity contribution in [1.82, 2.24) is 0 Å². The zero-order valence-electron chi connectivity index (χ0n) is 16.6. The number of benzene rings is 1. The maximum Gasteiger partial charge on any atom is 0.315 e. The third kappa shape index (κ3) is 3.69. The van der Waals surface area contributed by atoms with Gasteiger partial charge in [-0.15, -0.1) is 11.8 Å². The van der Waals surface area contributed by atoms with Crippen LogP contribution in [0.15, 0.2) is 45.4 Å². The number of aliphatic imine (C=N–C) groups is 1. The minimum Gasteiger partial charge on any atom is -0.462 e. The third-order valence-corrected chi connectivity index (χ3v) is 6.89. The summed E-state index contributed by atoms with van der Waals surface area (Å²) < 4.78 is 5.88. The van der Waals surface area contributed by atoms with Gasteiger partial charge in [-0.3, -0.25) is 14.6 Å². The van der Waals surface area contributed by atoms with E-state index in [0.29, 0.717) is 6.42 Å². The molecular weight excluding hydrogens is 370 g/mol. The topological polar surface area (TPSA) is 55.7 Å². The average Bonchev–Trinajstić information content (AvgIpc) is 3.20. The highest BCUT2D eigenvalue weighted by atomic mass is 32.2. The van der Waals surface area contributed by atoms with Crippen LogP contribution in [0.2, 0.25) is 0 Å². The number of rotatable bonds is 4. The van der Waals surface area contributed by atoms with Crippen molar-refractivity contribution < 1.29 is 14.3 Å². The second-order valence-electron chi connectivity index (χ2n) is 7.96. The zero-order valence-corrected chi connectivity index (χ0v) is 17.4. The summed E-state index contributed by atoms with van der Waals surface area (Å²) in [6, 6.07) is 8.23. The van der Waals surface area contributed by atoms with Gasteiger partial charge in [-0.05, 0) is 69.4 Å². The highest BCUT2D eigenvalue weighted by molar-refractivity contribution is 7.98. The minimum atomic E-state index is -0.512. The molecule has 1 heterocycles. The molecule has 0 saturated heterocycles. The maximum absolute atomic E-state index is 13.2. The number of allylic oxidation sites excluding steroid dienone is 2. The molecule has 4 nitrogen and oxygen atoms in total. The summed E-state index contributed by atoms with van der Waals surface area (Å²) in [6.45, 7) is 1.91. The van der Waals surface area contributed by atoms with Gasteiger partial charge in [0.05, 0.1) is 0 Å². The fourth-order valence-electron chi connectivity index (χ4n) is 4.73. The van der Waals surface area contributed by atoms with Crippen LogP contribution in [0.3, 0.4) is 0 Å². The molecule has 1 fully saturated rings. The summed E-state index contributed by atoms with van der Waals surface area (Å²) in [5.41, 5.74) is 3.39. The van der Waals surface area contributed by atoms with Gasteiger partial charge < -0.3 is 4.74 Å². The average molecular weight is 398 g/mol. The van der Waals surface area contributed by atoms with Crippen molar-refractivity contribution in [2.24, 2.45) is 10.9 Å². The van der Waals surface area contributed by atoms with Gasteiger partial charge in [0.15, 0.2) is 5.78 Å². The van der Waals surface area contributed by atoms with E-state index in [9.17, 15) is 9.59 Å². The lowest BCUT2D eigenvalue weighted by molar-refractivity contribution is -0.151. The molecule has 1 aromatic carbocycles. The second kappa shape index (κ2) is 8.24. The Morgan fingerprint density at radius 3 is 2.50 bits per heavy atom. The number of carbonyl (C=O) groups excluding carboxylic acids is 2. The first kappa shape index (κ1) is 19.4. The quantitative estimate of drug-likeness (QED) is 0.525.